The van der Waals surface area contributed by atoms with Gasteiger partial charge in [0, 0.05) is 23.5 Å². The molecular weight excluding hydrogens is 696 g/mol. The molecule has 0 aliphatic rings. The Bertz CT molecular complexity index is 2100. The van der Waals surface area contributed by atoms with Gasteiger partial charge in [-0.2, -0.15) is 0 Å². The van der Waals surface area contributed by atoms with Gasteiger partial charge in [0.05, 0.1) is 22.4 Å². The number of aromatic nitrogens is 4. The molecule has 0 saturated heterocycles. The van der Waals surface area contributed by atoms with E-state index < -0.39 is 0 Å². The SMILES string of the molecule is [Pt+2].[c-]1c(-c2cnc3ccccc3n2)cc2ccccc2c1Cc1[c-]c(-c2ncc3ccccc3n2)cc2ccccc12. The van der Waals surface area contributed by atoms with Crippen LogP contribution in [0.3, 0.4) is 0 Å². The third kappa shape index (κ3) is 4.74. The molecule has 0 aliphatic heterocycles. The van der Waals surface area contributed by atoms with Gasteiger partial charge >= 0.3 is 21.1 Å². The van der Waals surface area contributed by atoms with Crippen molar-refractivity contribution in [2.75, 3.05) is 0 Å². The van der Waals surface area contributed by atoms with Gasteiger partial charge in [0.2, 0.25) is 0 Å². The maximum atomic E-state index is 4.91. The van der Waals surface area contributed by atoms with E-state index in [1.807, 2.05) is 60.9 Å². The van der Waals surface area contributed by atoms with Crippen molar-refractivity contribution in [3.8, 4) is 22.6 Å². The van der Waals surface area contributed by atoms with Crippen LogP contribution in [0.25, 0.3) is 66.1 Å². The Hall–Kier alpha value is -4.79. The first-order valence-electron chi connectivity index (χ1n) is 13.6. The fraction of sp³-hybridized carbons (Fsp3) is 0.0270. The predicted molar refractivity (Wildman–Crippen MR) is 165 cm³/mol. The molecule has 0 aliphatic carbocycles. The molecule has 0 radical (unpaired) electrons. The van der Waals surface area contributed by atoms with E-state index >= 15 is 0 Å². The zero-order valence-electron chi connectivity index (χ0n) is 22.4. The monoisotopic (exact) mass is 717 g/mol. The van der Waals surface area contributed by atoms with Gasteiger partial charge in [-0.3, -0.25) is 19.9 Å². The zero-order chi connectivity index (χ0) is 27.2. The average molecular weight is 718 g/mol. The third-order valence-corrected chi connectivity index (χ3v) is 7.55. The second kappa shape index (κ2) is 10.9. The molecule has 0 atom stereocenters. The number of para-hydroxylation sites is 3. The average Bonchev–Trinajstić information content (AvgIpc) is 3.04. The normalized spacial score (nSPS) is 11.2. The van der Waals surface area contributed by atoms with Crippen molar-refractivity contribution < 1.29 is 21.1 Å². The van der Waals surface area contributed by atoms with Gasteiger partial charge in [-0.1, -0.05) is 89.6 Å². The van der Waals surface area contributed by atoms with Crippen LogP contribution in [0.1, 0.15) is 11.1 Å². The molecule has 0 bridgehead atoms. The van der Waals surface area contributed by atoms with Gasteiger partial charge in [0.25, 0.3) is 0 Å². The van der Waals surface area contributed by atoms with Crippen LogP contribution in [0.5, 0.6) is 0 Å². The molecule has 6 aromatic carbocycles. The first-order valence-corrected chi connectivity index (χ1v) is 13.6. The molecule has 0 fully saturated rings. The standard InChI is InChI=1S/C37H22N4.Pt/c1-4-12-31-24(9-1)17-29(36-23-38-34-15-7-8-16-35(34)40-36)20-27(31)19-28-21-30(18-25-10-2-5-13-32(25)28)37-39-22-26-11-3-6-14-33(26)41-37;/h1-18,22-23H,19H2;/q-2;+2. The quantitative estimate of drug-likeness (QED) is 0.172. The topological polar surface area (TPSA) is 51.6 Å². The number of hydrogen-bond acceptors (Lipinski definition) is 4. The van der Waals surface area contributed by atoms with E-state index in [4.69, 9.17) is 15.0 Å². The van der Waals surface area contributed by atoms with Gasteiger partial charge in [-0.25, -0.2) is 0 Å². The van der Waals surface area contributed by atoms with Crippen LogP contribution in [-0.4, -0.2) is 19.9 Å². The summed E-state index contributed by atoms with van der Waals surface area (Å²) in [6.07, 6.45) is 4.37. The summed E-state index contributed by atoms with van der Waals surface area (Å²) >= 11 is 0. The Morgan fingerprint density at radius 2 is 1.07 bits per heavy atom. The van der Waals surface area contributed by atoms with Crippen molar-refractivity contribution in [1.82, 2.24) is 19.9 Å². The van der Waals surface area contributed by atoms with Gasteiger partial charge in [0.1, 0.15) is 0 Å². The summed E-state index contributed by atoms with van der Waals surface area (Å²) in [7, 11) is 0. The smallest absolute Gasteiger partial charge is 0.293 e. The first-order chi connectivity index (χ1) is 20.3. The third-order valence-electron chi connectivity index (χ3n) is 7.55. The second-order valence-corrected chi connectivity index (χ2v) is 10.2. The molecule has 200 valence electrons. The number of nitrogens with zero attached hydrogens (tertiary/aromatic N) is 4. The Balaban J connectivity index is 0.00000288. The maximum absolute atomic E-state index is 4.91. The molecule has 8 aromatic rings. The Morgan fingerprint density at radius 3 is 1.81 bits per heavy atom. The Labute approximate surface area is 257 Å². The van der Waals surface area contributed by atoms with Crippen LogP contribution in [0.2, 0.25) is 0 Å². The Kier molecular flexibility index (Phi) is 6.77. The van der Waals surface area contributed by atoms with Crippen molar-refractivity contribution in [1.29, 1.82) is 0 Å². The minimum atomic E-state index is 0. The number of rotatable bonds is 4. The van der Waals surface area contributed by atoms with Crippen molar-refractivity contribution in [3.63, 3.8) is 0 Å². The fourth-order valence-corrected chi connectivity index (χ4v) is 5.54. The summed E-state index contributed by atoms with van der Waals surface area (Å²) in [4.78, 5) is 19.1. The largest absolute Gasteiger partial charge is 2.00 e. The second-order valence-electron chi connectivity index (χ2n) is 10.2. The zero-order valence-corrected chi connectivity index (χ0v) is 24.6. The van der Waals surface area contributed by atoms with Gasteiger partial charge in [-0.05, 0) is 24.6 Å². The van der Waals surface area contributed by atoms with E-state index in [9.17, 15) is 0 Å². The Morgan fingerprint density at radius 1 is 0.500 bits per heavy atom. The molecule has 8 rings (SSSR count). The molecule has 2 heterocycles. The fourth-order valence-electron chi connectivity index (χ4n) is 5.54. The molecule has 0 spiro atoms. The molecule has 0 N–H and O–H groups in total. The predicted octanol–water partition coefficient (Wildman–Crippen LogP) is 8.40. The molecule has 2 aromatic heterocycles. The molecular formula is C37H22N4Pt. The van der Waals surface area contributed by atoms with E-state index in [-0.39, 0.29) is 21.1 Å². The molecule has 0 amide bonds. The van der Waals surface area contributed by atoms with E-state index in [2.05, 4.69) is 77.8 Å². The molecule has 0 saturated carbocycles. The summed E-state index contributed by atoms with van der Waals surface area (Å²) in [6, 6.07) is 44.6. The summed E-state index contributed by atoms with van der Waals surface area (Å²) in [5.74, 6) is 0.671. The first kappa shape index (κ1) is 26.1. The maximum Gasteiger partial charge on any atom is 2.00 e. The van der Waals surface area contributed by atoms with Crippen LogP contribution >= 0.6 is 0 Å². The van der Waals surface area contributed by atoms with Crippen LogP contribution in [0.4, 0.5) is 0 Å². The van der Waals surface area contributed by atoms with Crippen molar-refractivity contribution >= 4 is 43.5 Å². The minimum Gasteiger partial charge on any atom is -0.293 e. The molecule has 5 heteroatoms. The minimum absolute atomic E-state index is 0. The van der Waals surface area contributed by atoms with Gasteiger partial charge in [-0.15, -0.1) is 57.3 Å². The molecule has 4 nitrogen and oxygen atoms in total. The van der Waals surface area contributed by atoms with E-state index in [0.29, 0.717) is 12.2 Å². The van der Waals surface area contributed by atoms with Crippen molar-refractivity contribution in [2.24, 2.45) is 0 Å². The van der Waals surface area contributed by atoms with Gasteiger partial charge < -0.3 is 0 Å². The number of benzene rings is 6. The van der Waals surface area contributed by atoms with E-state index in [0.717, 1.165) is 71.4 Å². The van der Waals surface area contributed by atoms with Crippen LogP contribution in [0.15, 0.2) is 122 Å². The molecule has 0 unspecified atom stereocenters. The van der Waals surface area contributed by atoms with Crippen molar-refractivity contribution in [3.05, 3.63) is 145 Å². The van der Waals surface area contributed by atoms with E-state index in [1.54, 1.807) is 0 Å². The summed E-state index contributed by atoms with van der Waals surface area (Å²) in [5, 5.41) is 5.62. The van der Waals surface area contributed by atoms with Gasteiger partial charge in [0.15, 0.2) is 0 Å². The number of hydrogen-bond donors (Lipinski definition) is 0. The van der Waals surface area contributed by atoms with Crippen LogP contribution in [-0.2, 0) is 27.5 Å². The summed E-state index contributed by atoms with van der Waals surface area (Å²) < 4.78 is 0. The summed E-state index contributed by atoms with van der Waals surface area (Å²) in [6.45, 7) is 0. The van der Waals surface area contributed by atoms with E-state index in [1.165, 1.54) is 0 Å². The summed E-state index contributed by atoms with van der Waals surface area (Å²) in [5.41, 5.74) is 7.46. The van der Waals surface area contributed by atoms with Crippen LogP contribution < -0.4 is 0 Å². The number of fused-ring (bicyclic) bond motifs is 4. The van der Waals surface area contributed by atoms with Crippen molar-refractivity contribution in [2.45, 2.75) is 6.42 Å². The van der Waals surface area contributed by atoms with Crippen LogP contribution in [0, 0.1) is 12.1 Å². The molecule has 42 heavy (non-hydrogen) atoms.